The van der Waals surface area contributed by atoms with Gasteiger partial charge in [0.15, 0.2) is 0 Å². The van der Waals surface area contributed by atoms with E-state index in [0.717, 1.165) is 36.4 Å². The zero-order valence-corrected chi connectivity index (χ0v) is 15.9. The van der Waals surface area contributed by atoms with E-state index in [1.165, 1.54) is 12.1 Å². The van der Waals surface area contributed by atoms with E-state index in [0.29, 0.717) is 16.9 Å². The molecule has 2 fully saturated rings. The molecule has 29 heavy (non-hydrogen) atoms. The van der Waals surface area contributed by atoms with E-state index in [1.54, 1.807) is 30.3 Å². The predicted molar refractivity (Wildman–Crippen MR) is 108 cm³/mol. The van der Waals surface area contributed by atoms with Crippen LogP contribution in [0.25, 0.3) is 6.08 Å². The molecule has 0 aliphatic carbocycles. The molecule has 148 valence electrons. The van der Waals surface area contributed by atoms with E-state index in [-0.39, 0.29) is 5.57 Å². The molecule has 4 amide bonds. The number of amides is 4. The fourth-order valence-electron chi connectivity index (χ4n) is 3.65. The third-order valence-corrected chi connectivity index (χ3v) is 5.09. The quantitative estimate of drug-likeness (QED) is 0.641. The number of aryl methyl sites for hydroxylation is 1. The first kappa shape index (κ1) is 18.9. The van der Waals surface area contributed by atoms with Crippen molar-refractivity contribution in [1.29, 1.82) is 0 Å². The summed E-state index contributed by atoms with van der Waals surface area (Å²) in [6.07, 6.45) is 3.37. The maximum Gasteiger partial charge on any atom is 0.335 e. The molecule has 0 aromatic heterocycles. The number of halogens is 1. The summed E-state index contributed by atoms with van der Waals surface area (Å²) in [4.78, 5) is 40.3. The SMILES string of the molecule is Cc1cccc(N2C(=O)NC(=O)/C(=C\c3ccc(N4CCCC4)c(F)c3)C2=O)c1. The Hall–Kier alpha value is -3.48. The van der Waals surface area contributed by atoms with Crippen LogP contribution in [0.4, 0.5) is 20.6 Å². The van der Waals surface area contributed by atoms with E-state index in [9.17, 15) is 18.8 Å². The van der Waals surface area contributed by atoms with Gasteiger partial charge in [-0.3, -0.25) is 14.9 Å². The van der Waals surface area contributed by atoms with Crippen LogP contribution in [0, 0.1) is 12.7 Å². The standard InChI is InChI=1S/C22H20FN3O3/c1-14-5-4-6-16(11-14)26-21(28)17(20(27)24-22(26)29)12-15-7-8-19(18(23)13-15)25-9-2-3-10-25/h4-8,11-13H,2-3,9-10H2,1H3,(H,24,27,29)/b17-12+. The van der Waals surface area contributed by atoms with E-state index < -0.39 is 23.7 Å². The van der Waals surface area contributed by atoms with Crippen LogP contribution in [-0.2, 0) is 9.59 Å². The molecule has 2 aliphatic rings. The maximum atomic E-state index is 14.6. The molecule has 0 saturated carbocycles. The number of nitrogens with zero attached hydrogens (tertiary/aromatic N) is 2. The number of hydrogen-bond donors (Lipinski definition) is 1. The predicted octanol–water partition coefficient (Wildman–Crippen LogP) is 3.40. The number of hydrogen-bond acceptors (Lipinski definition) is 4. The summed E-state index contributed by atoms with van der Waals surface area (Å²) in [6.45, 7) is 3.46. The molecular formula is C22H20FN3O3. The number of carbonyl (C=O) groups excluding carboxylic acids is 3. The van der Waals surface area contributed by atoms with Gasteiger partial charge in [-0.15, -0.1) is 0 Å². The van der Waals surface area contributed by atoms with Crippen molar-refractivity contribution in [2.45, 2.75) is 19.8 Å². The van der Waals surface area contributed by atoms with Crippen molar-refractivity contribution in [2.75, 3.05) is 22.9 Å². The second-order valence-electron chi connectivity index (χ2n) is 7.20. The van der Waals surface area contributed by atoms with Crippen molar-refractivity contribution < 1.29 is 18.8 Å². The lowest BCUT2D eigenvalue weighted by atomic mass is 10.1. The minimum Gasteiger partial charge on any atom is -0.369 e. The Morgan fingerprint density at radius 1 is 1.03 bits per heavy atom. The van der Waals surface area contributed by atoms with E-state index >= 15 is 0 Å². The fourth-order valence-corrected chi connectivity index (χ4v) is 3.65. The number of rotatable bonds is 3. The number of barbiturate groups is 1. The molecule has 0 atom stereocenters. The number of anilines is 2. The van der Waals surface area contributed by atoms with Crippen LogP contribution in [0.5, 0.6) is 0 Å². The van der Waals surface area contributed by atoms with Crippen molar-refractivity contribution in [2.24, 2.45) is 0 Å². The van der Waals surface area contributed by atoms with Crippen molar-refractivity contribution in [3.8, 4) is 0 Å². The Labute approximate surface area is 167 Å². The zero-order valence-electron chi connectivity index (χ0n) is 15.9. The van der Waals surface area contributed by atoms with Crippen LogP contribution < -0.4 is 15.1 Å². The van der Waals surface area contributed by atoms with Crippen molar-refractivity contribution in [3.05, 3.63) is 65.0 Å². The van der Waals surface area contributed by atoms with Crippen molar-refractivity contribution in [3.63, 3.8) is 0 Å². The number of urea groups is 1. The maximum absolute atomic E-state index is 14.6. The first-order chi connectivity index (χ1) is 13.9. The summed E-state index contributed by atoms with van der Waals surface area (Å²) in [5.74, 6) is -1.95. The summed E-state index contributed by atoms with van der Waals surface area (Å²) < 4.78 is 14.6. The number of imide groups is 2. The Morgan fingerprint density at radius 3 is 2.48 bits per heavy atom. The van der Waals surface area contributed by atoms with Crippen LogP contribution in [0.1, 0.15) is 24.0 Å². The number of nitrogens with one attached hydrogen (secondary N) is 1. The summed E-state index contributed by atoms with van der Waals surface area (Å²) in [7, 11) is 0. The molecule has 2 heterocycles. The molecule has 0 radical (unpaired) electrons. The van der Waals surface area contributed by atoms with Crippen LogP contribution in [0.3, 0.4) is 0 Å². The van der Waals surface area contributed by atoms with Crippen LogP contribution in [-0.4, -0.2) is 30.9 Å². The van der Waals surface area contributed by atoms with Gasteiger partial charge in [0.2, 0.25) is 0 Å². The summed E-state index contributed by atoms with van der Waals surface area (Å²) >= 11 is 0. The van der Waals surface area contributed by atoms with E-state index in [2.05, 4.69) is 5.32 Å². The van der Waals surface area contributed by atoms with Gasteiger partial charge in [-0.05, 0) is 61.2 Å². The van der Waals surface area contributed by atoms with Gasteiger partial charge in [-0.25, -0.2) is 14.1 Å². The van der Waals surface area contributed by atoms with Crippen molar-refractivity contribution >= 4 is 35.3 Å². The lowest BCUT2D eigenvalue weighted by Crippen LogP contribution is -2.54. The normalized spacial score (nSPS) is 18.6. The topological polar surface area (TPSA) is 69.7 Å². The largest absolute Gasteiger partial charge is 0.369 e. The molecule has 0 bridgehead atoms. The molecule has 2 aliphatic heterocycles. The van der Waals surface area contributed by atoms with Gasteiger partial charge in [0, 0.05) is 13.1 Å². The van der Waals surface area contributed by atoms with Gasteiger partial charge in [-0.2, -0.15) is 0 Å². The molecule has 6 nitrogen and oxygen atoms in total. The fraction of sp³-hybridized carbons (Fsp3) is 0.227. The second kappa shape index (κ2) is 7.50. The highest BCUT2D eigenvalue weighted by molar-refractivity contribution is 6.39. The van der Waals surface area contributed by atoms with Crippen LogP contribution in [0.2, 0.25) is 0 Å². The van der Waals surface area contributed by atoms with Crippen molar-refractivity contribution in [1.82, 2.24) is 5.32 Å². The Bertz CT molecular complexity index is 1040. The highest BCUT2D eigenvalue weighted by Crippen LogP contribution is 2.27. The van der Waals surface area contributed by atoms with E-state index in [1.807, 2.05) is 17.9 Å². The minimum atomic E-state index is -0.807. The monoisotopic (exact) mass is 393 g/mol. The van der Waals surface area contributed by atoms with Gasteiger partial charge in [0.25, 0.3) is 11.8 Å². The lowest BCUT2D eigenvalue weighted by molar-refractivity contribution is -0.122. The van der Waals surface area contributed by atoms with Gasteiger partial charge < -0.3 is 4.90 Å². The molecule has 2 aromatic rings. The Balaban J connectivity index is 1.67. The van der Waals surface area contributed by atoms with Gasteiger partial charge in [0.1, 0.15) is 11.4 Å². The second-order valence-corrected chi connectivity index (χ2v) is 7.20. The molecule has 7 heteroatoms. The molecule has 1 N–H and O–H groups in total. The number of carbonyl (C=O) groups is 3. The Morgan fingerprint density at radius 2 is 1.79 bits per heavy atom. The molecule has 0 unspecified atom stereocenters. The third kappa shape index (κ3) is 3.63. The van der Waals surface area contributed by atoms with E-state index in [4.69, 9.17) is 0 Å². The molecular weight excluding hydrogens is 373 g/mol. The van der Waals surface area contributed by atoms with Crippen LogP contribution >= 0.6 is 0 Å². The molecule has 2 aromatic carbocycles. The highest BCUT2D eigenvalue weighted by Gasteiger charge is 2.36. The van der Waals surface area contributed by atoms with Crippen LogP contribution in [0.15, 0.2) is 48.0 Å². The highest BCUT2D eigenvalue weighted by atomic mass is 19.1. The van der Waals surface area contributed by atoms with Gasteiger partial charge in [-0.1, -0.05) is 18.2 Å². The first-order valence-corrected chi connectivity index (χ1v) is 9.46. The molecule has 0 spiro atoms. The summed E-state index contributed by atoms with van der Waals surface area (Å²) in [6, 6.07) is 10.7. The summed E-state index contributed by atoms with van der Waals surface area (Å²) in [5.41, 5.74) is 1.90. The number of benzene rings is 2. The lowest BCUT2D eigenvalue weighted by Gasteiger charge is -2.26. The average Bonchev–Trinajstić information content (AvgIpc) is 3.19. The molecule has 4 rings (SSSR count). The van der Waals surface area contributed by atoms with Gasteiger partial charge >= 0.3 is 6.03 Å². The van der Waals surface area contributed by atoms with Gasteiger partial charge in [0.05, 0.1) is 11.4 Å². The average molecular weight is 393 g/mol. The Kier molecular flexibility index (Phi) is 4.88. The zero-order chi connectivity index (χ0) is 20.5. The molecule has 2 saturated heterocycles. The smallest absolute Gasteiger partial charge is 0.335 e. The minimum absolute atomic E-state index is 0.223. The summed E-state index contributed by atoms with van der Waals surface area (Å²) in [5, 5.41) is 2.18. The first-order valence-electron chi connectivity index (χ1n) is 9.46. The third-order valence-electron chi connectivity index (χ3n) is 5.09.